The van der Waals surface area contributed by atoms with Gasteiger partial charge >= 0.3 is 0 Å². The first-order valence-corrected chi connectivity index (χ1v) is 8.60. The number of sulfonamides is 1. The molecule has 2 N–H and O–H groups in total. The lowest BCUT2D eigenvalue weighted by Crippen LogP contribution is -2.28. The summed E-state index contributed by atoms with van der Waals surface area (Å²) in [6.07, 6.45) is -0.934. The molecule has 1 atom stereocenters. The van der Waals surface area contributed by atoms with Crippen molar-refractivity contribution in [3.8, 4) is 5.75 Å². The van der Waals surface area contributed by atoms with Gasteiger partial charge in [-0.25, -0.2) is 13.1 Å². The topological polar surface area (TPSA) is 75.6 Å². The van der Waals surface area contributed by atoms with Crippen LogP contribution in [0, 0.1) is 6.92 Å². The molecular formula is C14H17NO4S2. The zero-order valence-electron chi connectivity index (χ0n) is 11.7. The fraction of sp³-hybridized carbons (Fsp3) is 0.286. The van der Waals surface area contributed by atoms with Crippen molar-refractivity contribution in [3.05, 3.63) is 46.8 Å². The van der Waals surface area contributed by atoms with Crippen LogP contribution in [0.1, 0.15) is 16.5 Å². The minimum Gasteiger partial charge on any atom is -0.497 e. The molecule has 1 heterocycles. The van der Waals surface area contributed by atoms with Crippen LogP contribution in [0.5, 0.6) is 5.75 Å². The van der Waals surface area contributed by atoms with Crippen molar-refractivity contribution in [2.24, 2.45) is 0 Å². The third-order valence-electron chi connectivity index (χ3n) is 2.93. The summed E-state index contributed by atoms with van der Waals surface area (Å²) in [4.78, 5) is 0.920. The van der Waals surface area contributed by atoms with Crippen molar-refractivity contribution in [3.63, 3.8) is 0 Å². The zero-order chi connectivity index (χ0) is 15.5. The van der Waals surface area contributed by atoms with Crippen LogP contribution >= 0.6 is 11.3 Å². The molecule has 2 aromatic rings. The van der Waals surface area contributed by atoms with E-state index >= 15 is 0 Å². The number of rotatable bonds is 6. The van der Waals surface area contributed by atoms with Crippen LogP contribution in [0.2, 0.25) is 0 Å². The number of aliphatic hydroxyl groups excluding tert-OH is 1. The highest BCUT2D eigenvalue weighted by Crippen LogP contribution is 2.22. The van der Waals surface area contributed by atoms with Gasteiger partial charge < -0.3 is 9.84 Å². The Morgan fingerprint density at radius 1 is 1.33 bits per heavy atom. The van der Waals surface area contributed by atoms with E-state index in [2.05, 4.69) is 4.72 Å². The SMILES string of the molecule is COc1cccc(C(O)CNS(=O)(=O)c2ccc(C)s2)c1. The molecular weight excluding hydrogens is 310 g/mol. The van der Waals surface area contributed by atoms with Gasteiger partial charge in [0.15, 0.2) is 0 Å². The maximum Gasteiger partial charge on any atom is 0.250 e. The van der Waals surface area contributed by atoms with Crippen molar-refractivity contribution < 1.29 is 18.3 Å². The minimum absolute atomic E-state index is 0.0908. The first-order chi connectivity index (χ1) is 9.92. The molecule has 1 aromatic heterocycles. The highest BCUT2D eigenvalue weighted by atomic mass is 32.2. The molecule has 0 aliphatic rings. The van der Waals surface area contributed by atoms with Crippen LogP contribution in [0.3, 0.4) is 0 Å². The Morgan fingerprint density at radius 2 is 2.10 bits per heavy atom. The van der Waals surface area contributed by atoms with E-state index in [0.717, 1.165) is 4.88 Å². The standard InChI is InChI=1S/C14H17NO4S2/c1-10-6-7-14(20-10)21(17,18)15-9-13(16)11-4-3-5-12(8-11)19-2/h3-8,13,15-16H,9H2,1-2H3. The van der Waals surface area contributed by atoms with Crippen molar-refractivity contribution in [2.75, 3.05) is 13.7 Å². The van der Waals surface area contributed by atoms with Gasteiger partial charge in [0.25, 0.3) is 0 Å². The van der Waals surface area contributed by atoms with E-state index in [1.807, 2.05) is 6.92 Å². The molecule has 1 aromatic carbocycles. The molecule has 2 rings (SSSR count). The van der Waals surface area contributed by atoms with Crippen molar-refractivity contribution >= 4 is 21.4 Å². The van der Waals surface area contributed by atoms with E-state index < -0.39 is 16.1 Å². The lowest BCUT2D eigenvalue weighted by molar-refractivity contribution is 0.181. The summed E-state index contributed by atoms with van der Waals surface area (Å²) in [7, 11) is -2.05. The summed E-state index contributed by atoms with van der Waals surface area (Å²) in [6, 6.07) is 10.2. The highest BCUT2D eigenvalue weighted by molar-refractivity contribution is 7.91. The molecule has 0 saturated heterocycles. The number of methoxy groups -OCH3 is 1. The Labute approximate surface area is 128 Å². The maximum atomic E-state index is 12.1. The molecule has 5 nitrogen and oxygen atoms in total. The summed E-state index contributed by atoms with van der Waals surface area (Å²) in [6.45, 7) is 1.75. The van der Waals surface area contributed by atoms with E-state index in [0.29, 0.717) is 11.3 Å². The number of aliphatic hydroxyl groups is 1. The number of nitrogens with one attached hydrogen (secondary N) is 1. The van der Waals surface area contributed by atoms with E-state index in [1.165, 1.54) is 18.4 Å². The zero-order valence-corrected chi connectivity index (χ0v) is 13.4. The van der Waals surface area contributed by atoms with Gasteiger partial charge in [0.05, 0.1) is 13.2 Å². The molecule has 0 aliphatic carbocycles. The van der Waals surface area contributed by atoms with Gasteiger partial charge in [-0.2, -0.15) is 0 Å². The monoisotopic (exact) mass is 327 g/mol. The van der Waals surface area contributed by atoms with E-state index in [-0.39, 0.29) is 10.8 Å². The Balaban J connectivity index is 2.05. The number of aryl methyl sites for hydroxylation is 1. The molecule has 1 unspecified atom stereocenters. The molecule has 114 valence electrons. The average Bonchev–Trinajstić information content (AvgIpc) is 2.92. The first kappa shape index (κ1) is 16.0. The predicted molar refractivity (Wildman–Crippen MR) is 82.2 cm³/mol. The number of thiophene rings is 1. The molecule has 0 amide bonds. The van der Waals surface area contributed by atoms with E-state index in [4.69, 9.17) is 4.74 Å². The third kappa shape index (κ3) is 4.04. The number of hydrogen-bond acceptors (Lipinski definition) is 5. The molecule has 21 heavy (non-hydrogen) atoms. The smallest absolute Gasteiger partial charge is 0.250 e. The van der Waals surface area contributed by atoms with Crippen molar-refractivity contribution in [2.45, 2.75) is 17.2 Å². The second-order valence-corrected chi connectivity index (χ2v) is 7.79. The molecule has 0 fully saturated rings. The van der Waals surface area contributed by atoms with Gasteiger partial charge in [-0.15, -0.1) is 11.3 Å². The highest BCUT2D eigenvalue weighted by Gasteiger charge is 2.18. The van der Waals surface area contributed by atoms with Crippen molar-refractivity contribution in [1.82, 2.24) is 4.72 Å². The summed E-state index contributed by atoms with van der Waals surface area (Å²) in [5, 5.41) is 10.1. The van der Waals surface area contributed by atoms with Crippen LogP contribution < -0.4 is 9.46 Å². The van der Waals surface area contributed by atoms with Gasteiger partial charge in [0, 0.05) is 11.4 Å². The number of hydrogen-bond donors (Lipinski definition) is 2. The third-order valence-corrected chi connectivity index (χ3v) is 5.84. The predicted octanol–water partition coefficient (Wildman–Crippen LogP) is 2.08. The van der Waals surface area contributed by atoms with Gasteiger partial charge in [-0.3, -0.25) is 0 Å². The van der Waals surface area contributed by atoms with E-state index in [9.17, 15) is 13.5 Å². The molecule has 0 spiro atoms. The largest absolute Gasteiger partial charge is 0.497 e. The summed E-state index contributed by atoms with van der Waals surface area (Å²) in [5.74, 6) is 0.614. The van der Waals surface area contributed by atoms with Crippen LogP contribution in [0.15, 0.2) is 40.6 Å². The minimum atomic E-state index is -3.58. The molecule has 0 bridgehead atoms. The Kier molecular flexibility index (Phi) is 5.00. The second-order valence-electron chi connectivity index (χ2n) is 4.51. The molecule has 0 saturated carbocycles. The fourth-order valence-electron chi connectivity index (χ4n) is 1.78. The van der Waals surface area contributed by atoms with Crippen LogP contribution in [0.25, 0.3) is 0 Å². The van der Waals surface area contributed by atoms with Crippen molar-refractivity contribution in [1.29, 1.82) is 0 Å². The fourth-order valence-corrected chi connectivity index (χ4v) is 4.15. The average molecular weight is 327 g/mol. The second kappa shape index (κ2) is 6.57. The molecule has 0 radical (unpaired) electrons. The quantitative estimate of drug-likeness (QED) is 0.852. The van der Waals surface area contributed by atoms with Crippen LogP contribution in [0.4, 0.5) is 0 Å². The first-order valence-electron chi connectivity index (χ1n) is 6.30. The Hall–Kier alpha value is -1.41. The normalized spacial score (nSPS) is 13.1. The lowest BCUT2D eigenvalue weighted by atomic mass is 10.1. The summed E-state index contributed by atoms with van der Waals surface area (Å²) < 4.78 is 31.9. The van der Waals surface area contributed by atoms with Crippen LogP contribution in [-0.4, -0.2) is 27.2 Å². The number of benzene rings is 1. The summed E-state index contributed by atoms with van der Waals surface area (Å²) >= 11 is 1.20. The number of ether oxygens (including phenoxy) is 1. The van der Waals surface area contributed by atoms with Gasteiger partial charge in [0.1, 0.15) is 9.96 Å². The maximum absolute atomic E-state index is 12.1. The summed E-state index contributed by atoms with van der Waals surface area (Å²) in [5.41, 5.74) is 0.597. The van der Waals surface area contributed by atoms with Gasteiger partial charge in [0.2, 0.25) is 10.0 Å². The Morgan fingerprint density at radius 3 is 2.71 bits per heavy atom. The van der Waals surface area contributed by atoms with Gasteiger partial charge in [-0.1, -0.05) is 12.1 Å². The van der Waals surface area contributed by atoms with Gasteiger partial charge in [-0.05, 0) is 36.8 Å². The lowest BCUT2D eigenvalue weighted by Gasteiger charge is -2.13. The van der Waals surface area contributed by atoms with Crippen LogP contribution in [-0.2, 0) is 10.0 Å². The molecule has 7 heteroatoms. The van der Waals surface area contributed by atoms with E-state index in [1.54, 1.807) is 36.4 Å². The Bertz CT molecular complexity index is 709. The molecule has 0 aliphatic heterocycles.